The number of fused-ring (bicyclic) bond motifs is 1. The topological polar surface area (TPSA) is 137 Å². The van der Waals surface area contributed by atoms with Gasteiger partial charge in [-0.15, -0.1) is 0 Å². The van der Waals surface area contributed by atoms with Gasteiger partial charge in [0.05, 0.1) is 17.5 Å². The molecule has 0 amide bonds. The van der Waals surface area contributed by atoms with E-state index in [1.807, 2.05) is 19.9 Å². The molecule has 0 fully saturated rings. The lowest BCUT2D eigenvalue weighted by Gasteiger charge is -2.26. The Morgan fingerprint density at radius 2 is 2.15 bits per heavy atom. The van der Waals surface area contributed by atoms with Crippen LogP contribution in [-0.2, 0) is 6.54 Å². The molecule has 0 saturated heterocycles. The molecular formula is C18H18N4O5. The molecule has 1 unspecified atom stereocenters. The van der Waals surface area contributed by atoms with Gasteiger partial charge in [0.15, 0.2) is 0 Å². The molecule has 3 heterocycles. The molecule has 140 valence electrons. The molecule has 27 heavy (non-hydrogen) atoms. The highest BCUT2D eigenvalue weighted by molar-refractivity contribution is 5.54. The van der Waals surface area contributed by atoms with Crippen LogP contribution in [0.4, 0.5) is 5.88 Å². The first kappa shape index (κ1) is 18.3. The van der Waals surface area contributed by atoms with Crippen LogP contribution < -0.4 is 16.0 Å². The van der Waals surface area contributed by atoms with Gasteiger partial charge in [-0.2, -0.15) is 5.26 Å². The molecule has 0 spiro atoms. The van der Waals surface area contributed by atoms with Gasteiger partial charge in [-0.25, -0.2) is 0 Å². The zero-order valence-corrected chi connectivity index (χ0v) is 15.1. The van der Waals surface area contributed by atoms with E-state index in [4.69, 9.17) is 14.9 Å². The normalized spacial score (nSPS) is 16.0. The SMILES string of the molecule is Cc1cc2c(c(=O)n1CC(C)C)C(c1ccc([N+](=O)[O-])o1)C(C#N)=C(N)O2. The van der Waals surface area contributed by atoms with Gasteiger partial charge < -0.3 is 19.5 Å². The van der Waals surface area contributed by atoms with Crippen molar-refractivity contribution in [2.75, 3.05) is 0 Å². The molecule has 2 N–H and O–H groups in total. The van der Waals surface area contributed by atoms with E-state index in [0.717, 1.165) is 0 Å². The van der Waals surface area contributed by atoms with Crippen LogP contribution in [0.15, 0.2) is 38.9 Å². The summed E-state index contributed by atoms with van der Waals surface area (Å²) in [6.07, 6.45) is 0. The van der Waals surface area contributed by atoms with Crippen molar-refractivity contribution < 1.29 is 14.1 Å². The first-order valence-corrected chi connectivity index (χ1v) is 8.30. The predicted octanol–water partition coefficient (Wildman–Crippen LogP) is 2.53. The highest BCUT2D eigenvalue weighted by atomic mass is 16.6. The van der Waals surface area contributed by atoms with Crippen LogP contribution >= 0.6 is 0 Å². The molecule has 1 aliphatic rings. The van der Waals surface area contributed by atoms with Crippen molar-refractivity contribution in [2.24, 2.45) is 11.7 Å². The number of nitriles is 1. The van der Waals surface area contributed by atoms with Gasteiger partial charge in [0, 0.05) is 18.3 Å². The van der Waals surface area contributed by atoms with Gasteiger partial charge in [0.25, 0.3) is 5.56 Å². The number of aromatic nitrogens is 1. The largest absolute Gasteiger partial charge is 0.440 e. The second kappa shape index (κ2) is 6.64. The number of ether oxygens (including phenoxy) is 1. The Balaban J connectivity index is 2.28. The highest BCUT2D eigenvalue weighted by Gasteiger charge is 2.37. The summed E-state index contributed by atoms with van der Waals surface area (Å²) in [5, 5.41) is 20.5. The van der Waals surface area contributed by atoms with Crippen LogP contribution in [0.5, 0.6) is 5.75 Å². The first-order valence-electron chi connectivity index (χ1n) is 8.30. The van der Waals surface area contributed by atoms with Gasteiger partial charge in [-0.1, -0.05) is 13.8 Å². The molecule has 0 radical (unpaired) electrons. The Morgan fingerprint density at radius 3 is 2.70 bits per heavy atom. The number of nitrogens with zero attached hydrogens (tertiary/aromatic N) is 3. The summed E-state index contributed by atoms with van der Waals surface area (Å²) in [7, 11) is 0. The average Bonchev–Trinajstić information content (AvgIpc) is 3.07. The molecule has 2 aromatic rings. The number of nitrogens with two attached hydrogens (primary N) is 1. The van der Waals surface area contributed by atoms with Gasteiger partial charge >= 0.3 is 5.88 Å². The van der Waals surface area contributed by atoms with Crippen LogP contribution in [0.2, 0.25) is 0 Å². The number of allylic oxidation sites excluding steroid dienone is 1. The van der Waals surface area contributed by atoms with Crippen molar-refractivity contribution in [3.8, 4) is 11.8 Å². The fraction of sp³-hybridized carbons (Fsp3) is 0.333. The maximum atomic E-state index is 13.2. The predicted molar refractivity (Wildman–Crippen MR) is 94.9 cm³/mol. The molecule has 0 aliphatic carbocycles. The number of furan rings is 1. The summed E-state index contributed by atoms with van der Waals surface area (Å²) in [4.78, 5) is 23.5. The molecule has 9 nitrogen and oxygen atoms in total. The van der Waals surface area contributed by atoms with Crippen LogP contribution in [0.3, 0.4) is 0 Å². The average molecular weight is 370 g/mol. The summed E-state index contributed by atoms with van der Waals surface area (Å²) in [6.45, 7) is 6.21. The van der Waals surface area contributed by atoms with Gasteiger partial charge in [0.1, 0.15) is 28.1 Å². The lowest BCUT2D eigenvalue weighted by molar-refractivity contribution is -0.402. The Morgan fingerprint density at radius 1 is 1.44 bits per heavy atom. The van der Waals surface area contributed by atoms with E-state index in [1.54, 1.807) is 17.6 Å². The van der Waals surface area contributed by atoms with Crippen molar-refractivity contribution in [2.45, 2.75) is 33.2 Å². The fourth-order valence-corrected chi connectivity index (χ4v) is 3.16. The third kappa shape index (κ3) is 3.06. The zero-order valence-electron chi connectivity index (χ0n) is 15.1. The van der Waals surface area contributed by atoms with Crippen LogP contribution in [0.1, 0.15) is 36.8 Å². The Labute approximate surface area is 154 Å². The molecular weight excluding hydrogens is 352 g/mol. The van der Waals surface area contributed by atoms with E-state index in [2.05, 4.69) is 0 Å². The minimum absolute atomic E-state index is 0.0243. The maximum absolute atomic E-state index is 13.2. The van der Waals surface area contributed by atoms with Gasteiger partial charge in [-0.05, 0) is 18.9 Å². The number of hydrogen-bond donors (Lipinski definition) is 1. The number of aryl methyl sites for hydroxylation is 1. The summed E-state index contributed by atoms with van der Waals surface area (Å²) in [6, 6.07) is 6.15. The summed E-state index contributed by atoms with van der Waals surface area (Å²) < 4.78 is 12.4. The van der Waals surface area contributed by atoms with E-state index in [1.165, 1.54) is 12.1 Å². The molecule has 1 aliphatic heterocycles. The maximum Gasteiger partial charge on any atom is 0.433 e. The Hall–Kier alpha value is -3.54. The summed E-state index contributed by atoms with van der Waals surface area (Å²) >= 11 is 0. The minimum Gasteiger partial charge on any atom is -0.440 e. The number of pyridine rings is 1. The standard InChI is InChI=1S/C18H18N4O5/c1-9(2)8-21-10(3)6-13-16(18(21)23)15(11(7-19)17(20)27-13)12-4-5-14(26-12)22(24)25/h4-6,9,15H,8,20H2,1-3H3. The number of hydrogen-bond acceptors (Lipinski definition) is 7. The molecule has 2 aromatic heterocycles. The summed E-state index contributed by atoms with van der Waals surface area (Å²) in [5.74, 6) is -1.10. The molecule has 3 rings (SSSR count). The van der Waals surface area contributed by atoms with Crippen molar-refractivity contribution in [3.05, 3.63) is 67.1 Å². The van der Waals surface area contributed by atoms with E-state index in [9.17, 15) is 20.2 Å². The van der Waals surface area contributed by atoms with E-state index < -0.39 is 16.7 Å². The Bertz CT molecular complexity index is 1050. The minimum atomic E-state index is -0.973. The summed E-state index contributed by atoms with van der Waals surface area (Å²) in [5.41, 5.74) is 6.36. The number of nitro groups is 1. The number of rotatable bonds is 4. The van der Waals surface area contributed by atoms with E-state index in [0.29, 0.717) is 12.2 Å². The van der Waals surface area contributed by atoms with Crippen LogP contribution in [0.25, 0.3) is 0 Å². The van der Waals surface area contributed by atoms with E-state index in [-0.39, 0.29) is 40.0 Å². The lowest BCUT2D eigenvalue weighted by atomic mass is 9.88. The monoisotopic (exact) mass is 370 g/mol. The van der Waals surface area contributed by atoms with Crippen molar-refractivity contribution >= 4 is 5.88 Å². The third-order valence-corrected chi connectivity index (χ3v) is 4.31. The molecule has 9 heteroatoms. The van der Waals surface area contributed by atoms with Crippen LogP contribution in [-0.4, -0.2) is 9.49 Å². The first-order chi connectivity index (χ1) is 12.7. The van der Waals surface area contributed by atoms with Crippen molar-refractivity contribution in [1.29, 1.82) is 5.26 Å². The zero-order chi connectivity index (χ0) is 19.9. The fourth-order valence-electron chi connectivity index (χ4n) is 3.16. The highest BCUT2D eigenvalue weighted by Crippen LogP contribution is 2.41. The lowest BCUT2D eigenvalue weighted by Crippen LogP contribution is -2.33. The van der Waals surface area contributed by atoms with Crippen LogP contribution in [0, 0.1) is 34.3 Å². The van der Waals surface area contributed by atoms with E-state index >= 15 is 0 Å². The molecule has 0 bridgehead atoms. The molecule has 0 aromatic carbocycles. The second-order valence-electron chi connectivity index (χ2n) is 6.73. The molecule has 0 saturated carbocycles. The van der Waals surface area contributed by atoms with Crippen molar-refractivity contribution in [1.82, 2.24) is 4.57 Å². The van der Waals surface area contributed by atoms with Crippen molar-refractivity contribution in [3.63, 3.8) is 0 Å². The van der Waals surface area contributed by atoms with Gasteiger partial charge in [0.2, 0.25) is 5.88 Å². The second-order valence-corrected chi connectivity index (χ2v) is 6.73. The van der Waals surface area contributed by atoms with Gasteiger partial charge in [-0.3, -0.25) is 14.9 Å². The quantitative estimate of drug-likeness (QED) is 0.644. The Kier molecular flexibility index (Phi) is 4.49. The third-order valence-electron chi connectivity index (χ3n) is 4.31. The molecule has 1 atom stereocenters. The smallest absolute Gasteiger partial charge is 0.433 e.